The number of rotatable bonds is 2. The summed E-state index contributed by atoms with van der Waals surface area (Å²) >= 11 is 0. The van der Waals surface area contributed by atoms with E-state index in [-0.39, 0.29) is 5.41 Å². The second-order valence-corrected chi connectivity index (χ2v) is 6.72. The van der Waals surface area contributed by atoms with Crippen molar-refractivity contribution in [1.82, 2.24) is 10.1 Å². The number of nitrogens with zero attached hydrogens (tertiary/aromatic N) is 2. The topological polar surface area (TPSA) is 64.9 Å². The summed E-state index contributed by atoms with van der Waals surface area (Å²) < 4.78 is 5.34. The molecule has 2 aliphatic rings. The first-order valence-corrected chi connectivity index (χ1v) is 6.54. The Bertz CT molecular complexity index is 436. The summed E-state index contributed by atoms with van der Waals surface area (Å²) in [6, 6.07) is 0. The third kappa shape index (κ3) is 1.79. The van der Waals surface area contributed by atoms with Gasteiger partial charge in [0.05, 0.1) is 5.54 Å². The fourth-order valence-corrected chi connectivity index (χ4v) is 3.27. The molecule has 2 N–H and O–H groups in total. The number of nitrogens with two attached hydrogens (primary N) is 1. The van der Waals surface area contributed by atoms with Gasteiger partial charge in [-0.05, 0) is 37.0 Å². The Labute approximate surface area is 102 Å². The van der Waals surface area contributed by atoms with E-state index in [1.807, 2.05) is 0 Å². The molecule has 17 heavy (non-hydrogen) atoms. The second-order valence-electron chi connectivity index (χ2n) is 6.72. The van der Waals surface area contributed by atoms with Gasteiger partial charge in [-0.1, -0.05) is 25.9 Å². The fourth-order valence-electron chi connectivity index (χ4n) is 3.27. The van der Waals surface area contributed by atoms with E-state index >= 15 is 0 Å². The lowest BCUT2D eigenvalue weighted by Crippen LogP contribution is -2.40. The molecule has 1 aromatic rings. The van der Waals surface area contributed by atoms with E-state index in [0.29, 0.717) is 11.8 Å². The van der Waals surface area contributed by atoms with Crippen molar-refractivity contribution in [2.45, 2.75) is 57.9 Å². The van der Waals surface area contributed by atoms with Crippen LogP contribution in [0.1, 0.15) is 64.1 Å². The summed E-state index contributed by atoms with van der Waals surface area (Å²) in [6.45, 7) is 6.72. The monoisotopic (exact) mass is 235 g/mol. The van der Waals surface area contributed by atoms with Crippen molar-refractivity contribution < 1.29 is 4.52 Å². The summed E-state index contributed by atoms with van der Waals surface area (Å²) in [7, 11) is 0. The highest BCUT2D eigenvalue weighted by Crippen LogP contribution is 2.50. The molecule has 2 unspecified atom stereocenters. The molecule has 2 fully saturated rings. The predicted molar refractivity (Wildman–Crippen MR) is 64.3 cm³/mol. The van der Waals surface area contributed by atoms with Gasteiger partial charge in [0, 0.05) is 5.92 Å². The van der Waals surface area contributed by atoms with Gasteiger partial charge in [0.2, 0.25) is 5.89 Å². The number of aromatic nitrogens is 2. The van der Waals surface area contributed by atoms with E-state index < -0.39 is 5.54 Å². The maximum Gasteiger partial charge on any atom is 0.229 e. The lowest BCUT2D eigenvalue weighted by atomic mass is 9.86. The molecule has 1 aromatic heterocycles. The Kier molecular flexibility index (Phi) is 2.18. The van der Waals surface area contributed by atoms with Crippen molar-refractivity contribution in [2.75, 3.05) is 0 Å². The average Bonchev–Trinajstić information content (AvgIpc) is 2.88. The molecule has 0 radical (unpaired) electrons. The van der Waals surface area contributed by atoms with Gasteiger partial charge in [-0.3, -0.25) is 0 Å². The number of hydrogen-bond donors (Lipinski definition) is 1. The first kappa shape index (κ1) is 11.2. The Balaban J connectivity index is 1.90. The van der Waals surface area contributed by atoms with Gasteiger partial charge in [-0.25, -0.2) is 0 Å². The molecule has 0 spiro atoms. The molecule has 0 amide bonds. The van der Waals surface area contributed by atoms with Crippen molar-refractivity contribution in [2.24, 2.45) is 17.1 Å². The summed E-state index contributed by atoms with van der Waals surface area (Å²) in [5.74, 6) is 2.42. The van der Waals surface area contributed by atoms with E-state index in [9.17, 15) is 0 Å². The molecule has 3 rings (SSSR count). The summed E-state index contributed by atoms with van der Waals surface area (Å²) in [4.78, 5) is 4.54. The van der Waals surface area contributed by atoms with Crippen molar-refractivity contribution in [3.05, 3.63) is 11.7 Å². The quantitative estimate of drug-likeness (QED) is 0.855. The van der Waals surface area contributed by atoms with Crippen LogP contribution in [0.15, 0.2) is 4.52 Å². The van der Waals surface area contributed by atoms with Crippen LogP contribution in [0.3, 0.4) is 0 Å². The van der Waals surface area contributed by atoms with Crippen molar-refractivity contribution in [1.29, 1.82) is 0 Å². The summed E-state index contributed by atoms with van der Waals surface area (Å²) in [5.41, 5.74) is 6.42. The van der Waals surface area contributed by atoms with Crippen LogP contribution in [-0.2, 0) is 5.54 Å². The van der Waals surface area contributed by atoms with Gasteiger partial charge in [0.1, 0.15) is 0 Å². The molecule has 0 saturated heterocycles. The van der Waals surface area contributed by atoms with E-state index in [1.54, 1.807) is 0 Å². The molecule has 4 heteroatoms. The van der Waals surface area contributed by atoms with E-state index in [2.05, 4.69) is 30.9 Å². The van der Waals surface area contributed by atoms with Crippen LogP contribution in [0.5, 0.6) is 0 Å². The number of hydrogen-bond acceptors (Lipinski definition) is 4. The lowest BCUT2D eigenvalue weighted by Gasteiger charge is -2.25. The molecular formula is C13H21N3O. The molecule has 4 nitrogen and oxygen atoms in total. The zero-order valence-corrected chi connectivity index (χ0v) is 10.9. The third-order valence-corrected chi connectivity index (χ3v) is 4.29. The van der Waals surface area contributed by atoms with Crippen LogP contribution in [0.25, 0.3) is 0 Å². The highest BCUT2D eigenvalue weighted by atomic mass is 16.5. The molecule has 1 heterocycles. The summed E-state index contributed by atoms with van der Waals surface area (Å²) in [6.07, 6.45) is 4.42. The SMILES string of the molecule is CC1CC(C)(C)CC1(N)c1noc(C2CC2)n1. The highest BCUT2D eigenvalue weighted by Gasteiger charge is 2.50. The maximum atomic E-state index is 6.55. The Morgan fingerprint density at radius 2 is 2.06 bits per heavy atom. The van der Waals surface area contributed by atoms with Crippen LogP contribution in [0.4, 0.5) is 0 Å². The Hall–Kier alpha value is -0.900. The first-order valence-electron chi connectivity index (χ1n) is 6.54. The third-order valence-electron chi connectivity index (χ3n) is 4.29. The van der Waals surface area contributed by atoms with Crippen molar-refractivity contribution in [3.8, 4) is 0 Å². The zero-order valence-electron chi connectivity index (χ0n) is 10.9. The highest BCUT2D eigenvalue weighted by molar-refractivity contribution is 5.14. The van der Waals surface area contributed by atoms with Gasteiger partial charge in [0.25, 0.3) is 0 Å². The molecular weight excluding hydrogens is 214 g/mol. The van der Waals surface area contributed by atoms with Gasteiger partial charge >= 0.3 is 0 Å². The lowest BCUT2D eigenvalue weighted by molar-refractivity contribution is 0.293. The van der Waals surface area contributed by atoms with Crippen molar-refractivity contribution in [3.63, 3.8) is 0 Å². The standard InChI is InChI=1S/C13H21N3O/c1-8-6-12(2,3)7-13(8,14)11-15-10(17-16-11)9-4-5-9/h8-9H,4-7,14H2,1-3H3. The minimum absolute atomic E-state index is 0.272. The van der Waals surface area contributed by atoms with Crippen molar-refractivity contribution >= 4 is 0 Å². The Morgan fingerprint density at radius 3 is 2.59 bits per heavy atom. The Morgan fingerprint density at radius 1 is 1.35 bits per heavy atom. The van der Waals surface area contributed by atoms with Crippen LogP contribution >= 0.6 is 0 Å². The molecule has 0 aromatic carbocycles. The van der Waals surface area contributed by atoms with Gasteiger partial charge in [-0.2, -0.15) is 4.98 Å². The van der Waals surface area contributed by atoms with E-state index in [1.165, 1.54) is 12.8 Å². The zero-order chi connectivity index (χ0) is 12.3. The minimum atomic E-state index is -0.403. The van der Waals surface area contributed by atoms with Gasteiger partial charge in [0.15, 0.2) is 5.82 Å². The van der Waals surface area contributed by atoms with E-state index in [0.717, 1.165) is 24.6 Å². The van der Waals surface area contributed by atoms with Crippen LogP contribution in [0, 0.1) is 11.3 Å². The largest absolute Gasteiger partial charge is 0.339 e. The van der Waals surface area contributed by atoms with Gasteiger partial charge < -0.3 is 10.3 Å². The van der Waals surface area contributed by atoms with Crippen LogP contribution in [0.2, 0.25) is 0 Å². The molecule has 94 valence electrons. The first-order chi connectivity index (χ1) is 7.91. The molecule has 2 saturated carbocycles. The normalized spacial score (nSPS) is 36.4. The van der Waals surface area contributed by atoms with Crippen LogP contribution < -0.4 is 5.73 Å². The molecule has 2 aliphatic carbocycles. The van der Waals surface area contributed by atoms with E-state index in [4.69, 9.17) is 10.3 Å². The maximum absolute atomic E-state index is 6.55. The van der Waals surface area contributed by atoms with Crippen LogP contribution in [-0.4, -0.2) is 10.1 Å². The second kappa shape index (κ2) is 3.31. The van der Waals surface area contributed by atoms with Gasteiger partial charge in [-0.15, -0.1) is 0 Å². The molecule has 2 atom stereocenters. The smallest absolute Gasteiger partial charge is 0.229 e. The minimum Gasteiger partial charge on any atom is -0.339 e. The average molecular weight is 235 g/mol. The molecule has 0 bridgehead atoms. The predicted octanol–water partition coefficient (Wildman–Crippen LogP) is 2.56. The summed E-state index contributed by atoms with van der Waals surface area (Å²) in [5, 5.41) is 4.14. The molecule has 0 aliphatic heterocycles. The fraction of sp³-hybridized carbons (Fsp3) is 0.846.